The molecule has 0 atom stereocenters. The van der Waals surface area contributed by atoms with E-state index in [-0.39, 0.29) is 5.82 Å². The van der Waals surface area contributed by atoms with Gasteiger partial charge in [-0.25, -0.2) is 4.39 Å². The first-order chi connectivity index (χ1) is 10.7. The van der Waals surface area contributed by atoms with Crippen LogP contribution in [0.4, 0.5) is 4.39 Å². The van der Waals surface area contributed by atoms with Crippen molar-refractivity contribution in [2.45, 2.75) is 20.1 Å². The summed E-state index contributed by atoms with van der Waals surface area (Å²) >= 11 is 0. The Morgan fingerprint density at radius 1 is 1.09 bits per heavy atom. The molecule has 0 saturated heterocycles. The van der Waals surface area contributed by atoms with Crippen LogP contribution in [0.25, 0.3) is 10.9 Å². The van der Waals surface area contributed by atoms with E-state index in [1.165, 1.54) is 6.07 Å². The lowest BCUT2D eigenvalue weighted by molar-refractivity contribution is 0.304. The molecule has 0 aliphatic carbocycles. The van der Waals surface area contributed by atoms with Crippen molar-refractivity contribution in [2.24, 2.45) is 0 Å². The number of aryl methyl sites for hydroxylation is 1. The Morgan fingerprint density at radius 2 is 1.86 bits per heavy atom. The Bertz CT molecular complexity index is 795. The quantitative estimate of drug-likeness (QED) is 0.697. The molecule has 3 nitrogen and oxygen atoms in total. The van der Waals surface area contributed by atoms with Gasteiger partial charge in [-0.05, 0) is 25.1 Å². The van der Waals surface area contributed by atoms with Gasteiger partial charge in [-0.3, -0.25) is 0 Å². The zero-order chi connectivity index (χ0) is 15.5. The minimum absolute atomic E-state index is 0.202. The molecule has 3 rings (SSSR count). The SMILES string of the molecule is CCn1cc(COc2cccc(OC)c2)c2cccc(F)c21. The van der Waals surface area contributed by atoms with Gasteiger partial charge in [-0.1, -0.05) is 18.2 Å². The Hall–Kier alpha value is -2.49. The molecule has 22 heavy (non-hydrogen) atoms. The van der Waals surface area contributed by atoms with Crippen molar-refractivity contribution in [1.29, 1.82) is 0 Å². The number of benzene rings is 2. The molecule has 0 unspecified atom stereocenters. The van der Waals surface area contributed by atoms with Crippen LogP contribution in [0.5, 0.6) is 11.5 Å². The van der Waals surface area contributed by atoms with Crippen molar-refractivity contribution in [3.63, 3.8) is 0 Å². The predicted molar refractivity (Wildman–Crippen MR) is 84.9 cm³/mol. The average Bonchev–Trinajstić information content (AvgIpc) is 2.92. The first-order valence-corrected chi connectivity index (χ1v) is 7.26. The Morgan fingerprint density at radius 3 is 2.64 bits per heavy atom. The molecule has 0 fully saturated rings. The lowest BCUT2D eigenvalue weighted by Gasteiger charge is -2.07. The molecule has 2 aromatic carbocycles. The minimum Gasteiger partial charge on any atom is -0.497 e. The van der Waals surface area contributed by atoms with Crippen LogP contribution in [0.2, 0.25) is 0 Å². The Balaban J connectivity index is 1.89. The predicted octanol–water partition coefficient (Wildman–Crippen LogP) is 4.39. The van der Waals surface area contributed by atoms with Crippen molar-refractivity contribution in [3.05, 3.63) is 60.0 Å². The van der Waals surface area contributed by atoms with E-state index in [4.69, 9.17) is 9.47 Å². The third-order valence-corrected chi connectivity index (χ3v) is 3.71. The maximum atomic E-state index is 14.0. The summed E-state index contributed by atoms with van der Waals surface area (Å²) in [5.41, 5.74) is 1.61. The van der Waals surface area contributed by atoms with Crippen molar-refractivity contribution in [3.8, 4) is 11.5 Å². The fourth-order valence-corrected chi connectivity index (χ4v) is 2.61. The maximum Gasteiger partial charge on any atom is 0.147 e. The molecule has 0 N–H and O–H groups in total. The summed E-state index contributed by atoms with van der Waals surface area (Å²) in [5.74, 6) is 1.28. The normalized spacial score (nSPS) is 10.9. The lowest BCUT2D eigenvalue weighted by atomic mass is 10.2. The summed E-state index contributed by atoms with van der Waals surface area (Å²) in [7, 11) is 1.62. The number of hydrogen-bond donors (Lipinski definition) is 0. The maximum absolute atomic E-state index is 14.0. The van der Waals surface area contributed by atoms with Gasteiger partial charge in [0.1, 0.15) is 23.9 Å². The average molecular weight is 299 g/mol. The first-order valence-electron chi connectivity index (χ1n) is 7.26. The van der Waals surface area contributed by atoms with Gasteiger partial charge in [0.15, 0.2) is 0 Å². The van der Waals surface area contributed by atoms with E-state index in [9.17, 15) is 4.39 Å². The Labute approximate surface area is 128 Å². The van der Waals surface area contributed by atoms with E-state index in [2.05, 4.69) is 0 Å². The van der Waals surface area contributed by atoms with Crippen LogP contribution < -0.4 is 9.47 Å². The zero-order valence-corrected chi connectivity index (χ0v) is 12.7. The molecule has 1 heterocycles. The fourth-order valence-electron chi connectivity index (χ4n) is 2.61. The molecule has 114 valence electrons. The van der Waals surface area contributed by atoms with Crippen LogP contribution in [-0.4, -0.2) is 11.7 Å². The monoisotopic (exact) mass is 299 g/mol. The number of halogens is 1. The third-order valence-electron chi connectivity index (χ3n) is 3.71. The molecular weight excluding hydrogens is 281 g/mol. The van der Waals surface area contributed by atoms with Gasteiger partial charge in [-0.15, -0.1) is 0 Å². The summed E-state index contributed by atoms with van der Waals surface area (Å²) < 4.78 is 26.9. The number of ether oxygens (including phenoxy) is 2. The second-order valence-electron chi connectivity index (χ2n) is 5.04. The van der Waals surface area contributed by atoms with Crippen molar-refractivity contribution >= 4 is 10.9 Å². The molecule has 0 saturated carbocycles. The van der Waals surface area contributed by atoms with Crippen molar-refractivity contribution in [2.75, 3.05) is 7.11 Å². The number of aromatic nitrogens is 1. The molecule has 0 spiro atoms. The molecule has 1 aromatic heterocycles. The van der Waals surface area contributed by atoms with E-state index in [1.54, 1.807) is 13.2 Å². The van der Waals surface area contributed by atoms with Gasteiger partial charge in [0.05, 0.1) is 12.6 Å². The molecular formula is C18H18FNO2. The van der Waals surface area contributed by atoms with Crippen LogP contribution in [0.15, 0.2) is 48.7 Å². The number of rotatable bonds is 5. The van der Waals surface area contributed by atoms with Gasteiger partial charge in [-0.2, -0.15) is 0 Å². The topological polar surface area (TPSA) is 23.4 Å². The highest BCUT2D eigenvalue weighted by atomic mass is 19.1. The number of para-hydroxylation sites is 1. The molecule has 0 aliphatic rings. The van der Waals surface area contributed by atoms with E-state index in [0.29, 0.717) is 12.1 Å². The van der Waals surface area contributed by atoms with E-state index in [0.717, 1.165) is 29.0 Å². The number of nitrogens with zero attached hydrogens (tertiary/aromatic N) is 1. The lowest BCUT2D eigenvalue weighted by Crippen LogP contribution is -1.95. The molecule has 4 heteroatoms. The van der Waals surface area contributed by atoms with Crippen LogP contribution >= 0.6 is 0 Å². The fraction of sp³-hybridized carbons (Fsp3) is 0.222. The van der Waals surface area contributed by atoms with Crippen LogP contribution in [-0.2, 0) is 13.2 Å². The highest BCUT2D eigenvalue weighted by molar-refractivity contribution is 5.84. The zero-order valence-electron chi connectivity index (χ0n) is 12.7. The summed E-state index contributed by atoms with van der Waals surface area (Å²) in [6, 6.07) is 12.6. The van der Waals surface area contributed by atoms with Gasteiger partial charge in [0.25, 0.3) is 0 Å². The molecule has 0 bridgehead atoms. The smallest absolute Gasteiger partial charge is 0.147 e. The number of hydrogen-bond acceptors (Lipinski definition) is 2. The summed E-state index contributed by atoms with van der Waals surface area (Å²) in [6.45, 7) is 3.11. The van der Waals surface area contributed by atoms with Crippen LogP contribution in [0.3, 0.4) is 0 Å². The molecule has 0 aliphatic heterocycles. The van der Waals surface area contributed by atoms with E-state index in [1.807, 2.05) is 48.0 Å². The second kappa shape index (κ2) is 6.10. The Kier molecular flexibility index (Phi) is 4.00. The van der Waals surface area contributed by atoms with Gasteiger partial charge in [0, 0.05) is 29.8 Å². The second-order valence-corrected chi connectivity index (χ2v) is 5.04. The van der Waals surface area contributed by atoms with E-state index >= 15 is 0 Å². The third kappa shape index (κ3) is 2.64. The summed E-state index contributed by atoms with van der Waals surface area (Å²) in [5, 5.41) is 0.893. The molecule has 0 radical (unpaired) electrons. The summed E-state index contributed by atoms with van der Waals surface area (Å²) in [4.78, 5) is 0. The standard InChI is InChI=1S/C18H18FNO2/c1-3-20-11-13(16-8-5-9-17(19)18(16)20)12-22-15-7-4-6-14(10-15)21-2/h4-11H,3,12H2,1-2H3. The van der Waals surface area contributed by atoms with E-state index < -0.39 is 0 Å². The van der Waals surface area contributed by atoms with Gasteiger partial charge in [0.2, 0.25) is 0 Å². The highest BCUT2D eigenvalue weighted by Crippen LogP contribution is 2.26. The first kappa shape index (κ1) is 14.4. The highest BCUT2D eigenvalue weighted by Gasteiger charge is 2.12. The van der Waals surface area contributed by atoms with Crippen LogP contribution in [0, 0.1) is 5.82 Å². The van der Waals surface area contributed by atoms with Gasteiger partial charge >= 0.3 is 0 Å². The van der Waals surface area contributed by atoms with Crippen molar-refractivity contribution in [1.82, 2.24) is 4.57 Å². The number of fused-ring (bicyclic) bond motifs is 1. The molecule has 0 amide bonds. The van der Waals surface area contributed by atoms with Crippen LogP contribution in [0.1, 0.15) is 12.5 Å². The van der Waals surface area contributed by atoms with Crippen molar-refractivity contribution < 1.29 is 13.9 Å². The van der Waals surface area contributed by atoms with Gasteiger partial charge < -0.3 is 14.0 Å². The largest absolute Gasteiger partial charge is 0.497 e. The molecule has 3 aromatic rings. The minimum atomic E-state index is -0.202. The number of methoxy groups -OCH3 is 1. The summed E-state index contributed by atoms with van der Waals surface area (Å²) in [6.07, 6.45) is 1.95.